The molecule has 2 N–H and O–H groups in total. The Kier molecular flexibility index (Phi) is 3.75. The van der Waals surface area contributed by atoms with E-state index in [1.54, 1.807) is 11.8 Å². The van der Waals surface area contributed by atoms with E-state index in [2.05, 4.69) is 6.07 Å². The second-order valence-electron chi connectivity index (χ2n) is 3.42. The number of alkyl halides is 1. The van der Waals surface area contributed by atoms with E-state index < -0.39 is 0 Å². The molecule has 0 saturated carbocycles. The molecule has 0 fully saturated rings. The second-order valence-corrected chi connectivity index (χ2v) is 4.80. The Labute approximate surface area is 105 Å². The summed E-state index contributed by atoms with van der Waals surface area (Å²) in [5.74, 6) is 0.533. The highest BCUT2D eigenvalue weighted by Crippen LogP contribution is 2.31. The number of anilines is 1. The van der Waals surface area contributed by atoms with E-state index in [0.29, 0.717) is 5.88 Å². The van der Waals surface area contributed by atoms with E-state index in [0.717, 1.165) is 16.1 Å². The lowest BCUT2D eigenvalue weighted by atomic mass is 10.2. The Morgan fingerprint density at radius 3 is 2.62 bits per heavy atom. The molecule has 0 aliphatic carbocycles. The molecule has 0 atom stereocenters. The van der Waals surface area contributed by atoms with Gasteiger partial charge in [-0.2, -0.15) is 0 Å². The number of nitrogen functional groups attached to an aromatic ring is 1. The summed E-state index contributed by atoms with van der Waals surface area (Å²) in [5, 5.41) is 0. The van der Waals surface area contributed by atoms with Gasteiger partial charge in [-0.3, -0.25) is 0 Å². The minimum Gasteiger partial charge on any atom is -0.399 e. The van der Waals surface area contributed by atoms with Crippen LogP contribution < -0.4 is 5.73 Å². The van der Waals surface area contributed by atoms with Crippen molar-refractivity contribution in [3.05, 3.63) is 54.1 Å². The topological polar surface area (TPSA) is 26.0 Å². The van der Waals surface area contributed by atoms with Crippen LogP contribution in [0.25, 0.3) is 0 Å². The highest BCUT2D eigenvalue weighted by molar-refractivity contribution is 7.99. The van der Waals surface area contributed by atoms with Crippen molar-refractivity contribution in [1.29, 1.82) is 0 Å². The van der Waals surface area contributed by atoms with Gasteiger partial charge in [-0.05, 0) is 29.8 Å². The smallest absolute Gasteiger partial charge is 0.0485 e. The van der Waals surface area contributed by atoms with E-state index in [1.165, 1.54) is 4.90 Å². The zero-order valence-electron chi connectivity index (χ0n) is 8.69. The molecule has 0 unspecified atom stereocenters. The maximum Gasteiger partial charge on any atom is 0.0485 e. The van der Waals surface area contributed by atoms with Crippen LogP contribution in [0.2, 0.25) is 0 Å². The zero-order chi connectivity index (χ0) is 11.4. The lowest BCUT2D eigenvalue weighted by molar-refractivity contribution is 1.25. The van der Waals surface area contributed by atoms with Gasteiger partial charge in [0.1, 0.15) is 0 Å². The van der Waals surface area contributed by atoms with Crippen molar-refractivity contribution >= 4 is 29.1 Å². The zero-order valence-corrected chi connectivity index (χ0v) is 10.3. The Bertz CT molecular complexity index is 485. The van der Waals surface area contributed by atoms with Crippen molar-refractivity contribution in [3.63, 3.8) is 0 Å². The van der Waals surface area contributed by atoms with E-state index >= 15 is 0 Å². The van der Waals surface area contributed by atoms with Crippen molar-refractivity contribution in [2.45, 2.75) is 15.7 Å². The molecule has 3 heteroatoms. The van der Waals surface area contributed by atoms with Crippen molar-refractivity contribution in [2.24, 2.45) is 0 Å². The molecule has 16 heavy (non-hydrogen) atoms. The normalized spacial score (nSPS) is 10.3. The van der Waals surface area contributed by atoms with E-state index in [1.807, 2.05) is 42.5 Å². The first kappa shape index (κ1) is 11.4. The lowest BCUT2D eigenvalue weighted by Crippen LogP contribution is -1.85. The number of benzene rings is 2. The van der Waals surface area contributed by atoms with Gasteiger partial charge in [0.2, 0.25) is 0 Å². The Balaban J connectivity index is 2.26. The van der Waals surface area contributed by atoms with Crippen LogP contribution in [0.3, 0.4) is 0 Å². The summed E-state index contributed by atoms with van der Waals surface area (Å²) in [5.41, 5.74) is 7.68. The number of nitrogens with two attached hydrogens (primary N) is 1. The summed E-state index contributed by atoms with van der Waals surface area (Å²) in [6.45, 7) is 0. The Morgan fingerprint density at radius 1 is 1.06 bits per heavy atom. The van der Waals surface area contributed by atoms with Crippen molar-refractivity contribution < 1.29 is 0 Å². The maximum atomic E-state index is 5.89. The van der Waals surface area contributed by atoms with Gasteiger partial charge in [0, 0.05) is 21.4 Å². The molecular formula is C13H12ClNS. The first-order valence-corrected chi connectivity index (χ1v) is 6.32. The van der Waals surface area contributed by atoms with Gasteiger partial charge >= 0.3 is 0 Å². The van der Waals surface area contributed by atoms with Crippen LogP contribution in [0.4, 0.5) is 5.69 Å². The van der Waals surface area contributed by atoms with Crippen LogP contribution in [-0.2, 0) is 5.88 Å². The SMILES string of the molecule is Nc1cccc(Sc2ccccc2CCl)c1. The molecule has 2 rings (SSSR count). The molecule has 0 aliphatic rings. The molecule has 0 heterocycles. The third kappa shape index (κ3) is 2.71. The first-order valence-electron chi connectivity index (χ1n) is 4.97. The molecule has 2 aromatic carbocycles. The summed E-state index contributed by atoms with van der Waals surface area (Å²) in [6.07, 6.45) is 0. The van der Waals surface area contributed by atoms with Crippen LogP contribution in [0, 0.1) is 0 Å². The fourth-order valence-electron chi connectivity index (χ4n) is 1.42. The summed E-state index contributed by atoms with van der Waals surface area (Å²) >= 11 is 7.58. The van der Waals surface area contributed by atoms with Gasteiger partial charge in [0.25, 0.3) is 0 Å². The number of hydrogen-bond donors (Lipinski definition) is 1. The third-order valence-electron chi connectivity index (χ3n) is 2.20. The molecule has 0 aliphatic heterocycles. The molecule has 0 amide bonds. The summed E-state index contributed by atoms with van der Waals surface area (Å²) in [6, 6.07) is 16.0. The van der Waals surface area contributed by atoms with Crippen LogP contribution >= 0.6 is 23.4 Å². The van der Waals surface area contributed by atoms with Crippen LogP contribution in [0.1, 0.15) is 5.56 Å². The predicted octanol–water partition coefficient (Wildman–Crippen LogP) is 4.16. The number of halogens is 1. The van der Waals surface area contributed by atoms with E-state index in [4.69, 9.17) is 17.3 Å². The van der Waals surface area contributed by atoms with E-state index in [9.17, 15) is 0 Å². The average molecular weight is 250 g/mol. The molecule has 2 aromatic rings. The maximum absolute atomic E-state index is 5.89. The summed E-state index contributed by atoms with van der Waals surface area (Å²) in [7, 11) is 0. The summed E-state index contributed by atoms with van der Waals surface area (Å²) in [4.78, 5) is 2.32. The van der Waals surface area contributed by atoms with Gasteiger partial charge in [0.05, 0.1) is 0 Å². The first-order chi connectivity index (χ1) is 7.79. The number of hydrogen-bond acceptors (Lipinski definition) is 2. The van der Waals surface area contributed by atoms with Crippen molar-refractivity contribution in [2.75, 3.05) is 5.73 Å². The predicted molar refractivity (Wildman–Crippen MR) is 71.0 cm³/mol. The van der Waals surface area contributed by atoms with Gasteiger partial charge in [0.15, 0.2) is 0 Å². The molecule has 0 spiro atoms. The largest absolute Gasteiger partial charge is 0.399 e. The van der Waals surface area contributed by atoms with Crippen molar-refractivity contribution in [1.82, 2.24) is 0 Å². The average Bonchev–Trinajstić information content (AvgIpc) is 2.30. The minimum absolute atomic E-state index is 0.533. The fraction of sp³-hybridized carbons (Fsp3) is 0.0769. The lowest BCUT2D eigenvalue weighted by Gasteiger charge is -2.06. The van der Waals surface area contributed by atoms with Gasteiger partial charge in [-0.25, -0.2) is 0 Å². The molecule has 0 bridgehead atoms. The molecule has 1 nitrogen and oxygen atoms in total. The minimum atomic E-state index is 0.533. The highest BCUT2D eigenvalue weighted by atomic mass is 35.5. The standard InChI is InChI=1S/C13H12ClNS/c14-9-10-4-1-2-7-13(10)16-12-6-3-5-11(15)8-12/h1-8H,9,15H2. The molecular weight excluding hydrogens is 238 g/mol. The van der Waals surface area contributed by atoms with Crippen molar-refractivity contribution in [3.8, 4) is 0 Å². The fourth-order valence-corrected chi connectivity index (χ4v) is 2.74. The molecule has 0 saturated heterocycles. The second kappa shape index (κ2) is 5.28. The quantitative estimate of drug-likeness (QED) is 0.653. The van der Waals surface area contributed by atoms with Gasteiger partial charge < -0.3 is 5.73 Å². The van der Waals surface area contributed by atoms with Crippen LogP contribution in [-0.4, -0.2) is 0 Å². The molecule has 82 valence electrons. The molecule has 0 radical (unpaired) electrons. The van der Waals surface area contributed by atoms with Crippen LogP contribution in [0.5, 0.6) is 0 Å². The Hall–Kier alpha value is -1.12. The monoisotopic (exact) mass is 249 g/mol. The highest BCUT2D eigenvalue weighted by Gasteiger charge is 2.02. The third-order valence-corrected chi connectivity index (χ3v) is 3.60. The van der Waals surface area contributed by atoms with E-state index in [-0.39, 0.29) is 0 Å². The summed E-state index contributed by atoms with van der Waals surface area (Å²) < 4.78 is 0. The number of rotatable bonds is 3. The molecule has 0 aromatic heterocycles. The van der Waals surface area contributed by atoms with Gasteiger partial charge in [-0.15, -0.1) is 11.6 Å². The van der Waals surface area contributed by atoms with Gasteiger partial charge in [-0.1, -0.05) is 36.0 Å². The van der Waals surface area contributed by atoms with Crippen LogP contribution in [0.15, 0.2) is 58.3 Å². The Morgan fingerprint density at radius 2 is 1.88 bits per heavy atom.